The molecule has 10 nitrogen and oxygen atoms in total. The van der Waals surface area contributed by atoms with Gasteiger partial charge in [-0.3, -0.25) is 19.6 Å². The van der Waals surface area contributed by atoms with Crippen LogP contribution in [0.5, 0.6) is 0 Å². The maximum absolute atomic E-state index is 12.6. The molecular formula is C29H30N8O2. The number of hydrogen-bond donors (Lipinski definition) is 2. The first-order chi connectivity index (χ1) is 19.0. The molecule has 198 valence electrons. The number of nitrogens with zero attached hydrogens (tertiary/aromatic N) is 6. The molecule has 3 fully saturated rings. The van der Waals surface area contributed by atoms with Crippen molar-refractivity contribution in [2.45, 2.75) is 50.6 Å². The summed E-state index contributed by atoms with van der Waals surface area (Å²) in [5.41, 5.74) is 9.71. The van der Waals surface area contributed by atoms with Gasteiger partial charge in [0.05, 0.1) is 28.7 Å². The van der Waals surface area contributed by atoms with E-state index in [1.807, 2.05) is 29.2 Å². The maximum atomic E-state index is 12.6. The normalized spacial score (nSPS) is 20.7. The van der Waals surface area contributed by atoms with Crippen LogP contribution >= 0.6 is 0 Å². The van der Waals surface area contributed by atoms with E-state index in [1.165, 1.54) is 6.20 Å². The van der Waals surface area contributed by atoms with Crippen LogP contribution in [0.25, 0.3) is 0 Å². The van der Waals surface area contributed by atoms with Gasteiger partial charge in [-0.2, -0.15) is 5.26 Å². The highest BCUT2D eigenvalue weighted by atomic mass is 16.2. The molecule has 39 heavy (non-hydrogen) atoms. The molecular weight excluding hydrogens is 492 g/mol. The third-order valence-corrected chi connectivity index (χ3v) is 8.09. The van der Waals surface area contributed by atoms with Gasteiger partial charge in [-0.05, 0) is 62.4 Å². The lowest BCUT2D eigenvalue weighted by atomic mass is 10.0. The number of anilines is 3. The van der Waals surface area contributed by atoms with Crippen molar-refractivity contribution in [3.05, 3.63) is 71.4 Å². The van der Waals surface area contributed by atoms with Gasteiger partial charge in [0.25, 0.3) is 5.91 Å². The molecule has 1 saturated carbocycles. The Labute approximate surface area is 226 Å². The summed E-state index contributed by atoms with van der Waals surface area (Å²) >= 11 is 0. The number of aromatic nitrogens is 3. The van der Waals surface area contributed by atoms with E-state index in [4.69, 9.17) is 11.0 Å². The molecule has 10 heteroatoms. The van der Waals surface area contributed by atoms with Crippen LogP contribution in [0, 0.1) is 17.2 Å². The molecule has 5 heterocycles. The lowest BCUT2D eigenvalue weighted by Crippen LogP contribution is -2.39. The second-order valence-corrected chi connectivity index (χ2v) is 10.6. The Morgan fingerprint density at radius 1 is 1.03 bits per heavy atom. The zero-order valence-electron chi connectivity index (χ0n) is 21.6. The number of pyridine rings is 3. The average Bonchev–Trinajstić information content (AvgIpc) is 3.56. The summed E-state index contributed by atoms with van der Waals surface area (Å²) in [6, 6.07) is 12.0. The largest absolute Gasteiger partial charge is 0.381 e. The van der Waals surface area contributed by atoms with Crippen LogP contribution in [-0.2, 0) is 11.2 Å². The van der Waals surface area contributed by atoms with Crippen LogP contribution in [0.1, 0.15) is 59.4 Å². The molecule has 0 aromatic carbocycles. The van der Waals surface area contributed by atoms with E-state index in [1.54, 1.807) is 18.5 Å². The Morgan fingerprint density at radius 3 is 2.49 bits per heavy atom. The molecule has 3 N–H and O–H groups in total. The molecule has 0 unspecified atom stereocenters. The Balaban J connectivity index is 1.11. The third-order valence-electron chi connectivity index (χ3n) is 8.09. The molecule has 3 aromatic heterocycles. The molecule has 2 atom stereocenters. The lowest BCUT2D eigenvalue weighted by molar-refractivity contribution is -0.121. The average molecular weight is 523 g/mol. The van der Waals surface area contributed by atoms with Crippen molar-refractivity contribution < 1.29 is 9.59 Å². The number of piperidine rings is 2. The van der Waals surface area contributed by atoms with Gasteiger partial charge in [-0.1, -0.05) is 0 Å². The fourth-order valence-corrected chi connectivity index (χ4v) is 6.00. The standard InChI is InChI=1S/C29H30N8O2/c30-14-18-1-6-27(34-15-18)36-9-7-20(8-10-36)35-26-13-22(33-17-25(26)28(31)38)12-21-3-5-24(16-32-21)37-23-4-2-19(11-23)29(37)39/h1,3,5-6,13,15-17,19-20,23H,2,4,7-12H2,(H2,31,38)(H,33,35)/t19-,23+/m0/s1. The molecule has 3 aliphatic rings. The van der Waals surface area contributed by atoms with E-state index in [2.05, 4.69) is 31.2 Å². The fourth-order valence-electron chi connectivity index (χ4n) is 6.00. The third kappa shape index (κ3) is 5.00. The summed E-state index contributed by atoms with van der Waals surface area (Å²) in [5, 5.41) is 12.5. The monoisotopic (exact) mass is 522 g/mol. The summed E-state index contributed by atoms with van der Waals surface area (Å²) < 4.78 is 0. The molecule has 1 aliphatic carbocycles. The molecule has 0 spiro atoms. The predicted octanol–water partition coefficient (Wildman–Crippen LogP) is 3.03. The van der Waals surface area contributed by atoms with Crippen molar-refractivity contribution in [3.8, 4) is 6.07 Å². The Bertz CT molecular complexity index is 1430. The Hall–Kier alpha value is -4.52. The minimum atomic E-state index is -0.525. The highest BCUT2D eigenvalue weighted by Crippen LogP contribution is 2.41. The first kappa shape index (κ1) is 24.8. The minimum absolute atomic E-state index is 0.165. The number of carbonyl (C=O) groups excluding carboxylic acids is 2. The minimum Gasteiger partial charge on any atom is -0.381 e. The molecule has 6 rings (SSSR count). The van der Waals surface area contributed by atoms with Crippen molar-refractivity contribution in [1.29, 1.82) is 5.26 Å². The quantitative estimate of drug-likeness (QED) is 0.482. The topological polar surface area (TPSA) is 141 Å². The predicted molar refractivity (Wildman–Crippen MR) is 146 cm³/mol. The van der Waals surface area contributed by atoms with Crippen LogP contribution in [0.4, 0.5) is 17.2 Å². The van der Waals surface area contributed by atoms with Crippen LogP contribution in [0.15, 0.2) is 48.9 Å². The van der Waals surface area contributed by atoms with Crippen molar-refractivity contribution in [2.75, 3.05) is 28.2 Å². The van der Waals surface area contributed by atoms with Gasteiger partial charge in [0, 0.05) is 61.3 Å². The number of rotatable bonds is 7. The molecule has 2 amide bonds. The second-order valence-electron chi connectivity index (χ2n) is 10.6. The molecule has 2 bridgehead atoms. The van der Waals surface area contributed by atoms with E-state index >= 15 is 0 Å². The number of carbonyl (C=O) groups is 2. The van der Waals surface area contributed by atoms with Crippen LogP contribution in [0.3, 0.4) is 0 Å². The molecule has 0 radical (unpaired) electrons. The fraction of sp³-hybridized carbons (Fsp3) is 0.379. The van der Waals surface area contributed by atoms with Crippen LogP contribution in [0.2, 0.25) is 0 Å². The van der Waals surface area contributed by atoms with Gasteiger partial charge in [0.2, 0.25) is 5.91 Å². The second kappa shape index (κ2) is 10.3. The van der Waals surface area contributed by atoms with Crippen molar-refractivity contribution in [3.63, 3.8) is 0 Å². The Morgan fingerprint density at radius 2 is 1.85 bits per heavy atom. The SMILES string of the molecule is N#Cc1ccc(N2CCC(Nc3cc(Cc4ccc(N5C(=O)[C@H]6CC[C@@H]5C6)cn4)ncc3C(N)=O)CC2)nc1. The molecule has 2 saturated heterocycles. The summed E-state index contributed by atoms with van der Waals surface area (Å²) in [7, 11) is 0. The van der Waals surface area contributed by atoms with Gasteiger partial charge in [0.1, 0.15) is 11.9 Å². The van der Waals surface area contributed by atoms with E-state index in [0.29, 0.717) is 29.3 Å². The van der Waals surface area contributed by atoms with Gasteiger partial charge in [-0.25, -0.2) is 4.98 Å². The number of nitriles is 1. The molecule has 2 aliphatic heterocycles. The number of primary amides is 1. The van der Waals surface area contributed by atoms with Gasteiger partial charge in [-0.15, -0.1) is 0 Å². The van der Waals surface area contributed by atoms with Gasteiger partial charge in [0.15, 0.2) is 0 Å². The summed E-state index contributed by atoms with van der Waals surface area (Å²) in [6.45, 7) is 1.61. The van der Waals surface area contributed by atoms with Crippen molar-refractivity contribution in [2.24, 2.45) is 11.7 Å². The van der Waals surface area contributed by atoms with Gasteiger partial charge >= 0.3 is 0 Å². The van der Waals surface area contributed by atoms with Crippen LogP contribution < -0.4 is 20.9 Å². The van der Waals surface area contributed by atoms with E-state index in [-0.39, 0.29) is 17.9 Å². The van der Waals surface area contributed by atoms with Crippen molar-refractivity contribution in [1.82, 2.24) is 15.0 Å². The summed E-state index contributed by atoms with van der Waals surface area (Å²) in [5.74, 6) is 0.729. The van der Waals surface area contributed by atoms with Gasteiger partial charge < -0.3 is 20.9 Å². The number of nitrogens with one attached hydrogen (secondary N) is 1. The smallest absolute Gasteiger partial charge is 0.252 e. The first-order valence-corrected chi connectivity index (χ1v) is 13.4. The van der Waals surface area contributed by atoms with E-state index in [9.17, 15) is 9.59 Å². The highest BCUT2D eigenvalue weighted by Gasteiger charge is 2.45. The van der Waals surface area contributed by atoms with Crippen molar-refractivity contribution >= 4 is 29.0 Å². The maximum Gasteiger partial charge on any atom is 0.252 e. The number of hydrogen-bond acceptors (Lipinski definition) is 8. The lowest BCUT2D eigenvalue weighted by Gasteiger charge is -2.34. The first-order valence-electron chi connectivity index (χ1n) is 13.4. The van der Waals surface area contributed by atoms with E-state index in [0.717, 1.165) is 68.1 Å². The zero-order valence-corrected chi connectivity index (χ0v) is 21.6. The number of amides is 2. The van der Waals surface area contributed by atoms with E-state index < -0.39 is 5.91 Å². The summed E-state index contributed by atoms with van der Waals surface area (Å²) in [6.07, 6.45) is 10.1. The molecule has 3 aromatic rings. The number of fused-ring (bicyclic) bond motifs is 2. The summed E-state index contributed by atoms with van der Waals surface area (Å²) in [4.78, 5) is 42.3. The number of nitrogens with two attached hydrogens (primary N) is 1. The highest BCUT2D eigenvalue weighted by molar-refractivity contribution is 5.99. The van der Waals surface area contributed by atoms with Crippen LogP contribution in [-0.4, -0.2) is 51.9 Å². The zero-order chi connectivity index (χ0) is 26.9. The Kier molecular flexibility index (Phi) is 6.57.